The van der Waals surface area contributed by atoms with E-state index in [4.69, 9.17) is 11.6 Å². The van der Waals surface area contributed by atoms with Gasteiger partial charge < -0.3 is 10.6 Å². The first-order valence-electron chi connectivity index (χ1n) is 10.00. The molecule has 0 aliphatic heterocycles. The standard InChI is InChI=1S/C22H28ClN3O4S/c1-5-6-13-24-22(28)18-9-7-8-10-19(18)25-21(27)16(3)26(31(4,29)30)20-14-17(23)12-11-15(20)2/h7-12,14,16H,5-6,13H2,1-4H3,(H,24,28)(H,25,27)/t16-/m0/s1. The van der Waals surface area contributed by atoms with Crippen LogP contribution in [0.15, 0.2) is 42.5 Å². The third kappa shape index (κ3) is 6.45. The maximum Gasteiger partial charge on any atom is 0.253 e. The van der Waals surface area contributed by atoms with Crippen LogP contribution in [0, 0.1) is 6.92 Å². The summed E-state index contributed by atoms with van der Waals surface area (Å²) in [6, 6.07) is 10.4. The molecular weight excluding hydrogens is 438 g/mol. The number of rotatable bonds is 9. The molecule has 31 heavy (non-hydrogen) atoms. The minimum atomic E-state index is -3.80. The zero-order valence-corrected chi connectivity index (χ0v) is 19.7. The molecule has 2 rings (SSSR count). The van der Waals surface area contributed by atoms with E-state index in [2.05, 4.69) is 10.6 Å². The zero-order chi connectivity index (χ0) is 23.2. The molecule has 168 valence electrons. The van der Waals surface area contributed by atoms with E-state index in [1.807, 2.05) is 6.92 Å². The topological polar surface area (TPSA) is 95.6 Å². The van der Waals surface area contributed by atoms with Gasteiger partial charge in [0.2, 0.25) is 15.9 Å². The molecule has 7 nitrogen and oxygen atoms in total. The minimum Gasteiger partial charge on any atom is -0.352 e. The number of nitrogens with one attached hydrogen (secondary N) is 2. The predicted octanol–water partition coefficient (Wildman–Crippen LogP) is 3.97. The van der Waals surface area contributed by atoms with Gasteiger partial charge >= 0.3 is 0 Å². The second-order valence-corrected chi connectivity index (χ2v) is 9.61. The summed E-state index contributed by atoms with van der Waals surface area (Å²) in [4.78, 5) is 25.5. The molecule has 0 radical (unpaired) electrons. The Morgan fingerprint density at radius 2 is 1.84 bits per heavy atom. The lowest BCUT2D eigenvalue weighted by Crippen LogP contribution is -2.46. The lowest BCUT2D eigenvalue weighted by Gasteiger charge is -2.29. The summed E-state index contributed by atoms with van der Waals surface area (Å²) in [7, 11) is -3.80. The second kappa shape index (κ2) is 10.6. The molecule has 0 aromatic heterocycles. The summed E-state index contributed by atoms with van der Waals surface area (Å²) in [6.07, 6.45) is 2.83. The van der Waals surface area contributed by atoms with Gasteiger partial charge in [-0.25, -0.2) is 8.42 Å². The molecule has 0 aliphatic carbocycles. The van der Waals surface area contributed by atoms with E-state index in [-0.39, 0.29) is 5.91 Å². The number of hydrogen-bond donors (Lipinski definition) is 2. The van der Waals surface area contributed by atoms with Gasteiger partial charge in [0.05, 0.1) is 23.2 Å². The van der Waals surface area contributed by atoms with Crippen molar-refractivity contribution in [3.8, 4) is 0 Å². The maximum atomic E-state index is 13.0. The number of hydrogen-bond acceptors (Lipinski definition) is 4. The van der Waals surface area contributed by atoms with E-state index in [1.165, 1.54) is 13.0 Å². The van der Waals surface area contributed by atoms with E-state index in [0.29, 0.717) is 34.1 Å². The van der Waals surface area contributed by atoms with E-state index in [1.54, 1.807) is 43.3 Å². The molecule has 2 amide bonds. The van der Waals surface area contributed by atoms with E-state index >= 15 is 0 Å². The highest BCUT2D eigenvalue weighted by Crippen LogP contribution is 2.28. The number of nitrogens with zero attached hydrogens (tertiary/aromatic N) is 1. The monoisotopic (exact) mass is 465 g/mol. The number of unbranched alkanes of at least 4 members (excludes halogenated alkanes) is 1. The van der Waals surface area contributed by atoms with E-state index in [0.717, 1.165) is 23.4 Å². The Morgan fingerprint density at radius 1 is 1.16 bits per heavy atom. The Balaban J connectivity index is 2.32. The molecule has 9 heteroatoms. The number of anilines is 2. The van der Waals surface area contributed by atoms with Crippen molar-refractivity contribution in [3.05, 3.63) is 58.6 Å². The summed E-state index contributed by atoms with van der Waals surface area (Å²) in [5.74, 6) is -0.874. The van der Waals surface area contributed by atoms with Crippen molar-refractivity contribution in [2.45, 2.75) is 39.7 Å². The summed E-state index contributed by atoms with van der Waals surface area (Å²) >= 11 is 6.07. The highest BCUT2D eigenvalue weighted by atomic mass is 35.5. The van der Waals surface area contributed by atoms with Crippen LogP contribution in [-0.4, -0.2) is 39.1 Å². The van der Waals surface area contributed by atoms with Crippen LogP contribution in [0.2, 0.25) is 5.02 Å². The molecular formula is C22H28ClN3O4S. The Hall–Kier alpha value is -2.58. The Labute approximate surface area is 188 Å². The van der Waals surface area contributed by atoms with Crippen molar-refractivity contribution >= 4 is 44.8 Å². The van der Waals surface area contributed by atoms with Crippen molar-refractivity contribution in [3.63, 3.8) is 0 Å². The van der Waals surface area contributed by atoms with Gasteiger partial charge in [-0.15, -0.1) is 0 Å². The van der Waals surface area contributed by atoms with Crippen LogP contribution < -0.4 is 14.9 Å². The molecule has 0 unspecified atom stereocenters. The van der Waals surface area contributed by atoms with Gasteiger partial charge in [0, 0.05) is 11.6 Å². The fourth-order valence-corrected chi connectivity index (χ4v) is 4.49. The van der Waals surface area contributed by atoms with Crippen LogP contribution in [0.1, 0.15) is 42.6 Å². The first kappa shape index (κ1) is 24.7. The smallest absolute Gasteiger partial charge is 0.253 e. The number of para-hydroxylation sites is 1. The zero-order valence-electron chi connectivity index (χ0n) is 18.1. The average molecular weight is 466 g/mol. The fraction of sp³-hybridized carbons (Fsp3) is 0.364. The molecule has 0 aliphatic rings. The summed E-state index contributed by atoms with van der Waals surface area (Å²) in [5.41, 5.74) is 1.60. The molecule has 0 spiro atoms. The Bertz CT molecular complexity index is 1060. The normalized spacial score (nSPS) is 12.2. The quantitative estimate of drug-likeness (QED) is 0.547. The first-order chi connectivity index (χ1) is 14.6. The molecule has 2 aromatic rings. The molecule has 0 saturated heterocycles. The third-order valence-electron chi connectivity index (χ3n) is 4.74. The van der Waals surface area contributed by atoms with Gasteiger partial charge in [0.25, 0.3) is 5.91 Å². The van der Waals surface area contributed by atoms with Gasteiger partial charge in [0.1, 0.15) is 6.04 Å². The van der Waals surface area contributed by atoms with E-state index in [9.17, 15) is 18.0 Å². The number of halogens is 1. The Morgan fingerprint density at radius 3 is 2.48 bits per heavy atom. The highest BCUT2D eigenvalue weighted by Gasteiger charge is 2.31. The Kier molecular flexibility index (Phi) is 8.47. The summed E-state index contributed by atoms with van der Waals surface area (Å²) < 4.78 is 26.1. The lowest BCUT2D eigenvalue weighted by molar-refractivity contribution is -0.116. The van der Waals surface area contributed by atoms with Crippen LogP contribution in [0.4, 0.5) is 11.4 Å². The number of benzene rings is 2. The fourth-order valence-electron chi connectivity index (χ4n) is 3.10. The van der Waals surface area contributed by atoms with Gasteiger partial charge in [-0.2, -0.15) is 0 Å². The van der Waals surface area contributed by atoms with Crippen LogP contribution in [0.3, 0.4) is 0 Å². The van der Waals surface area contributed by atoms with Gasteiger partial charge in [-0.05, 0) is 50.1 Å². The minimum absolute atomic E-state index is 0.303. The summed E-state index contributed by atoms with van der Waals surface area (Å²) in [6.45, 7) is 5.78. The van der Waals surface area contributed by atoms with Crippen LogP contribution >= 0.6 is 11.6 Å². The van der Waals surface area contributed by atoms with Gasteiger partial charge in [-0.1, -0.05) is 43.1 Å². The van der Waals surface area contributed by atoms with Crippen molar-refractivity contribution < 1.29 is 18.0 Å². The summed E-state index contributed by atoms with van der Waals surface area (Å²) in [5, 5.41) is 5.87. The number of carbonyl (C=O) groups excluding carboxylic acids is 2. The molecule has 2 aromatic carbocycles. The maximum absolute atomic E-state index is 13.0. The molecule has 1 atom stereocenters. The van der Waals surface area contributed by atoms with E-state index < -0.39 is 22.0 Å². The van der Waals surface area contributed by atoms with Crippen molar-refractivity contribution in [1.29, 1.82) is 0 Å². The first-order valence-corrected chi connectivity index (χ1v) is 12.2. The average Bonchev–Trinajstić information content (AvgIpc) is 2.70. The molecule has 0 fully saturated rings. The largest absolute Gasteiger partial charge is 0.352 e. The highest BCUT2D eigenvalue weighted by molar-refractivity contribution is 7.92. The van der Waals surface area contributed by atoms with Crippen molar-refractivity contribution in [1.82, 2.24) is 5.32 Å². The van der Waals surface area contributed by atoms with Crippen molar-refractivity contribution in [2.75, 3.05) is 22.4 Å². The number of amides is 2. The predicted molar refractivity (Wildman–Crippen MR) is 125 cm³/mol. The van der Waals surface area contributed by atoms with Gasteiger partial charge in [-0.3, -0.25) is 13.9 Å². The van der Waals surface area contributed by atoms with Gasteiger partial charge in [0.15, 0.2) is 0 Å². The van der Waals surface area contributed by atoms with Crippen LogP contribution in [-0.2, 0) is 14.8 Å². The number of sulfonamides is 1. The lowest BCUT2D eigenvalue weighted by atomic mass is 10.1. The molecule has 2 N–H and O–H groups in total. The number of aryl methyl sites for hydroxylation is 1. The number of carbonyl (C=O) groups is 2. The SMILES string of the molecule is CCCCNC(=O)c1ccccc1NC(=O)[C@H](C)N(c1cc(Cl)ccc1C)S(C)(=O)=O. The molecule has 0 bridgehead atoms. The molecule has 0 heterocycles. The van der Waals surface area contributed by atoms with Crippen molar-refractivity contribution in [2.24, 2.45) is 0 Å². The molecule has 0 saturated carbocycles. The van der Waals surface area contributed by atoms with Crippen LogP contribution in [0.25, 0.3) is 0 Å². The second-order valence-electron chi connectivity index (χ2n) is 7.31. The third-order valence-corrected chi connectivity index (χ3v) is 6.21. The van der Waals surface area contributed by atoms with Crippen LogP contribution in [0.5, 0.6) is 0 Å².